The van der Waals surface area contributed by atoms with E-state index < -0.39 is 28.9 Å². The third-order valence-corrected chi connectivity index (χ3v) is 6.98. The van der Waals surface area contributed by atoms with Crippen molar-refractivity contribution >= 4 is 17.5 Å². The number of amides is 1. The van der Waals surface area contributed by atoms with Gasteiger partial charge in [-0.1, -0.05) is 18.6 Å². The Bertz CT molecular complexity index is 1210. The summed E-state index contributed by atoms with van der Waals surface area (Å²) in [5, 5.41) is 0. The fourth-order valence-electron chi connectivity index (χ4n) is 5.05. The molecule has 35 heavy (non-hydrogen) atoms. The molecule has 0 spiro atoms. The highest BCUT2D eigenvalue weighted by molar-refractivity contribution is 6.01. The zero-order chi connectivity index (χ0) is 25.1. The molecule has 4 rings (SSSR count). The number of hydrogen-bond acceptors (Lipinski definition) is 6. The van der Waals surface area contributed by atoms with E-state index in [1.807, 2.05) is 9.80 Å². The Morgan fingerprint density at radius 2 is 1.66 bits per heavy atom. The molecule has 2 aromatic rings. The average molecular weight is 486 g/mol. The van der Waals surface area contributed by atoms with Crippen molar-refractivity contribution in [1.29, 1.82) is 0 Å². The van der Waals surface area contributed by atoms with E-state index in [-0.39, 0.29) is 36.9 Å². The molecule has 0 radical (unpaired) electrons. The lowest BCUT2D eigenvalue weighted by molar-refractivity contribution is -0.136. The molecule has 2 aliphatic rings. The monoisotopic (exact) mass is 485 g/mol. The normalized spacial score (nSPS) is 18.7. The molecule has 2 N–H and O–H groups in total. The summed E-state index contributed by atoms with van der Waals surface area (Å²) in [6.45, 7) is 3.63. The number of rotatable bonds is 7. The standard InChI is InChI=1S/C25H32FN5O4/c1-2-30-24(34)21(22(27)31(25(30)35)15-17-8-10-18(26)11-9-17)20(32)16-29-14-4-3-7-19(29)23(33)28-12-5-6-13-28/h8-11,19H,2-7,12-16,27H2,1H3/t19-/m1/s1. The number of likely N-dealkylation sites (tertiary alicyclic amines) is 2. The lowest BCUT2D eigenvalue weighted by Gasteiger charge is -2.36. The van der Waals surface area contributed by atoms with Crippen LogP contribution in [0.2, 0.25) is 0 Å². The number of halogens is 1. The van der Waals surface area contributed by atoms with Gasteiger partial charge in [0.15, 0.2) is 5.78 Å². The van der Waals surface area contributed by atoms with Crippen LogP contribution in [0.15, 0.2) is 33.9 Å². The maximum atomic E-state index is 13.4. The number of aromatic nitrogens is 2. The van der Waals surface area contributed by atoms with Gasteiger partial charge in [0.25, 0.3) is 5.56 Å². The minimum Gasteiger partial charge on any atom is -0.384 e. The highest BCUT2D eigenvalue weighted by Crippen LogP contribution is 2.22. The Morgan fingerprint density at radius 1 is 1.00 bits per heavy atom. The molecule has 1 atom stereocenters. The first-order chi connectivity index (χ1) is 16.8. The van der Waals surface area contributed by atoms with E-state index >= 15 is 0 Å². The van der Waals surface area contributed by atoms with Gasteiger partial charge in [-0.15, -0.1) is 0 Å². The van der Waals surface area contributed by atoms with Gasteiger partial charge in [-0.25, -0.2) is 9.18 Å². The highest BCUT2D eigenvalue weighted by Gasteiger charge is 2.35. The lowest BCUT2D eigenvalue weighted by atomic mass is 9.99. The second-order valence-corrected chi connectivity index (χ2v) is 9.24. The number of nitrogens with zero attached hydrogens (tertiary/aromatic N) is 4. The number of benzene rings is 1. The molecule has 0 bridgehead atoms. The summed E-state index contributed by atoms with van der Waals surface area (Å²) in [4.78, 5) is 56.3. The van der Waals surface area contributed by atoms with Crippen molar-refractivity contribution in [3.63, 3.8) is 0 Å². The van der Waals surface area contributed by atoms with Gasteiger partial charge >= 0.3 is 5.69 Å². The molecule has 1 amide bonds. The first kappa shape index (κ1) is 24.8. The number of ketones is 1. The number of nitrogen functional groups attached to an aromatic ring is 1. The van der Waals surface area contributed by atoms with Crippen molar-refractivity contribution in [3.05, 3.63) is 62.0 Å². The van der Waals surface area contributed by atoms with E-state index in [4.69, 9.17) is 5.73 Å². The zero-order valence-corrected chi connectivity index (χ0v) is 20.0. The number of Topliss-reactive ketones (excluding diaryl/α,β-unsaturated/α-hetero) is 1. The molecule has 10 heteroatoms. The predicted molar refractivity (Wildman–Crippen MR) is 130 cm³/mol. The van der Waals surface area contributed by atoms with Crippen molar-refractivity contribution in [2.45, 2.75) is 58.2 Å². The molecule has 2 aliphatic heterocycles. The van der Waals surface area contributed by atoms with Crippen LogP contribution in [0.1, 0.15) is 54.9 Å². The number of hydrogen-bond donors (Lipinski definition) is 1. The third-order valence-electron chi connectivity index (χ3n) is 6.98. The average Bonchev–Trinajstić information content (AvgIpc) is 3.38. The quantitative estimate of drug-likeness (QED) is 0.595. The van der Waals surface area contributed by atoms with Crippen LogP contribution in [0.5, 0.6) is 0 Å². The molecule has 9 nitrogen and oxygen atoms in total. The number of nitrogens with two attached hydrogens (primary N) is 1. The number of carbonyl (C=O) groups excluding carboxylic acids is 2. The summed E-state index contributed by atoms with van der Waals surface area (Å²) in [5.74, 6) is -1.10. The van der Waals surface area contributed by atoms with Crippen molar-refractivity contribution in [2.24, 2.45) is 0 Å². The molecule has 3 heterocycles. The smallest absolute Gasteiger partial charge is 0.332 e. The molecule has 188 valence electrons. The minimum absolute atomic E-state index is 0.00864. The van der Waals surface area contributed by atoms with Gasteiger partial charge < -0.3 is 10.6 Å². The van der Waals surface area contributed by atoms with E-state index in [1.54, 1.807) is 6.92 Å². The van der Waals surface area contributed by atoms with Crippen LogP contribution in [0.3, 0.4) is 0 Å². The first-order valence-corrected chi connectivity index (χ1v) is 12.3. The third kappa shape index (κ3) is 5.07. The van der Waals surface area contributed by atoms with Crippen LogP contribution in [-0.2, 0) is 17.9 Å². The van der Waals surface area contributed by atoms with E-state index in [1.165, 1.54) is 28.8 Å². The summed E-state index contributed by atoms with van der Waals surface area (Å²) in [6.07, 6.45) is 4.40. The fourth-order valence-corrected chi connectivity index (χ4v) is 5.05. The zero-order valence-electron chi connectivity index (χ0n) is 20.0. The maximum Gasteiger partial charge on any atom is 0.332 e. The van der Waals surface area contributed by atoms with Crippen LogP contribution < -0.4 is 17.0 Å². The van der Waals surface area contributed by atoms with Gasteiger partial charge in [0.2, 0.25) is 5.91 Å². The van der Waals surface area contributed by atoms with Crippen LogP contribution in [-0.4, -0.2) is 62.8 Å². The second kappa shape index (κ2) is 10.6. The Labute approximate surface area is 202 Å². The summed E-state index contributed by atoms with van der Waals surface area (Å²) < 4.78 is 15.5. The topological polar surface area (TPSA) is 111 Å². The van der Waals surface area contributed by atoms with Gasteiger partial charge in [0.1, 0.15) is 17.2 Å². The molecular formula is C25H32FN5O4. The molecule has 1 aromatic heterocycles. The van der Waals surface area contributed by atoms with Crippen molar-refractivity contribution in [2.75, 3.05) is 31.9 Å². The van der Waals surface area contributed by atoms with Crippen LogP contribution in [0.4, 0.5) is 10.2 Å². The molecule has 0 saturated carbocycles. The van der Waals surface area contributed by atoms with Crippen molar-refractivity contribution in [3.8, 4) is 0 Å². The van der Waals surface area contributed by atoms with Gasteiger partial charge in [-0.3, -0.25) is 28.4 Å². The number of anilines is 1. The van der Waals surface area contributed by atoms with Crippen molar-refractivity contribution < 1.29 is 14.0 Å². The molecule has 2 fully saturated rings. The molecule has 1 aromatic carbocycles. The van der Waals surface area contributed by atoms with Gasteiger partial charge in [0, 0.05) is 19.6 Å². The van der Waals surface area contributed by atoms with E-state index in [2.05, 4.69) is 0 Å². The Hall–Kier alpha value is -3.27. The summed E-state index contributed by atoms with van der Waals surface area (Å²) in [7, 11) is 0. The Morgan fingerprint density at radius 3 is 2.31 bits per heavy atom. The van der Waals surface area contributed by atoms with Crippen LogP contribution in [0, 0.1) is 5.82 Å². The van der Waals surface area contributed by atoms with Gasteiger partial charge in [-0.05, 0) is 56.8 Å². The molecule has 2 saturated heterocycles. The number of carbonyl (C=O) groups is 2. The predicted octanol–water partition coefficient (Wildman–Crippen LogP) is 1.46. The minimum atomic E-state index is -0.727. The van der Waals surface area contributed by atoms with E-state index in [0.29, 0.717) is 18.5 Å². The Balaban J connectivity index is 1.65. The second-order valence-electron chi connectivity index (χ2n) is 9.24. The first-order valence-electron chi connectivity index (χ1n) is 12.3. The molecule has 0 unspecified atom stereocenters. The summed E-state index contributed by atoms with van der Waals surface area (Å²) in [6, 6.07) is 5.18. The summed E-state index contributed by atoms with van der Waals surface area (Å²) in [5.41, 5.74) is 5.25. The Kier molecular flexibility index (Phi) is 7.49. The van der Waals surface area contributed by atoms with Crippen LogP contribution >= 0.6 is 0 Å². The highest BCUT2D eigenvalue weighted by atomic mass is 19.1. The van der Waals surface area contributed by atoms with Crippen molar-refractivity contribution in [1.82, 2.24) is 18.9 Å². The lowest BCUT2D eigenvalue weighted by Crippen LogP contribution is -2.52. The van der Waals surface area contributed by atoms with E-state index in [9.17, 15) is 23.6 Å². The van der Waals surface area contributed by atoms with E-state index in [0.717, 1.165) is 43.3 Å². The molecular weight excluding hydrogens is 453 g/mol. The largest absolute Gasteiger partial charge is 0.384 e. The maximum absolute atomic E-state index is 13.4. The number of piperidine rings is 1. The SMILES string of the molecule is CCn1c(=O)c(C(=O)CN2CCCC[C@@H]2C(=O)N2CCCC2)c(N)n(Cc2ccc(F)cc2)c1=O. The fraction of sp³-hybridized carbons (Fsp3) is 0.520. The van der Waals surface area contributed by atoms with Gasteiger partial charge in [-0.2, -0.15) is 0 Å². The van der Waals surface area contributed by atoms with Gasteiger partial charge in [0.05, 0.1) is 19.1 Å². The molecule has 0 aliphatic carbocycles. The van der Waals surface area contributed by atoms with Crippen LogP contribution in [0.25, 0.3) is 0 Å². The summed E-state index contributed by atoms with van der Waals surface area (Å²) >= 11 is 0.